The number of carbonyl (C=O) groups is 1. The van der Waals surface area contributed by atoms with Gasteiger partial charge in [0.25, 0.3) is 5.91 Å². The zero-order valence-electron chi connectivity index (χ0n) is 12.2. The number of fused-ring (bicyclic) bond motifs is 1. The van der Waals surface area contributed by atoms with Crippen LogP contribution in [0.25, 0.3) is 11.0 Å². The maximum absolute atomic E-state index is 12.2. The van der Waals surface area contributed by atoms with E-state index in [0.717, 1.165) is 24.8 Å². The first-order valence-corrected chi connectivity index (χ1v) is 7.34. The molecule has 0 fully saturated rings. The molecular formula is C16H21N3O2. The summed E-state index contributed by atoms with van der Waals surface area (Å²) in [5, 5.41) is 12.0. The fourth-order valence-corrected chi connectivity index (χ4v) is 2.38. The molecule has 5 nitrogen and oxygen atoms in total. The Balaban J connectivity index is 2.01. The standard InChI is InChI=1S/C16H21N3O2/c1-2-3-12(6-9-20)11-19-16(21)13-4-5-14-15(10-13)18-8-7-17-14/h4-5,7-8,10,12,20H,2-3,6,9,11H2,1H3,(H,19,21). The van der Waals surface area contributed by atoms with Crippen LogP contribution in [0.15, 0.2) is 30.6 Å². The monoisotopic (exact) mass is 287 g/mol. The summed E-state index contributed by atoms with van der Waals surface area (Å²) in [6.07, 6.45) is 6.02. The van der Waals surface area contributed by atoms with Crippen molar-refractivity contribution >= 4 is 16.9 Å². The van der Waals surface area contributed by atoms with Gasteiger partial charge >= 0.3 is 0 Å². The number of nitrogens with one attached hydrogen (secondary N) is 1. The maximum atomic E-state index is 12.2. The first-order valence-electron chi connectivity index (χ1n) is 7.34. The Bertz CT molecular complexity index is 595. The molecule has 0 aliphatic rings. The molecule has 2 N–H and O–H groups in total. The summed E-state index contributed by atoms with van der Waals surface area (Å²) in [6, 6.07) is 5.31. The molecule has 21 heavy (non-hydrogen) atoms. The van der Waals surface area contributed by atoms with E-state index in [0.29, 0.717) is 23.5 Å². The number of rotatable bonds is 7. The lowest BCUT2D eigenvalue weighted by Crippen LogP contribution is -2.29. The van der Waals surface area contributed by atoms with E-state index in [-0.39, 0.29) is 12.5 Å². The Labute approximate surface area is 124 Å². The van der Waals surface area contributed by atoms with E-state index in [1.54, 1.807) is 30.6 Å². The molecule has 0 bridgehead atoms. The third-order valence-electron chi connectivity index (χ3n) is 3.52. The molecule has 1 atom stereocenters. The molecule has 2 rings (SSSR count). The second kappa shape index (κ2) is 7.69. The minimum Gasteiger partial charge on any atom is -0.396 e. The van der Waals surface area contributed by atoms with Gasteiger partial charge in [-0.3, -0.25) is 14.8 Å². The number of nitrogens with zero attached hydrogens (tertiary/aromatic N) is 2. The van der Waals surface area contributed by atoms with E-state index < -0.39 is 0 Å². The van der Waals surface area contributed by atoms with Crippen LogP contribution in [0.2, 0.25) is 0 Å². The zero-order chi connectivity index (χ0) is 15.1. The van der Waals surface area contributed by atoms with Crippen molar-refractivity contribution in [3.8, 4) is 0 Å². The first-order chi connectivity index (χ1) is 10.2. The van der Waals surface area contributed by atoms with Crippen molar-refractivity contribution in [3.63, 3.8) is 0 Å². The molecule has 1 unspecified atom stereocenters. The number of aromatic nitrogens is 2. The summed E-state index contributed by atoms with van der Waals surface area (Å²) in [6.45, 7) is 2.85. The van der Waals surface area contributed by atoms with Crippen molar-refractivity contribution in [2.24, 2.45) is 5.92 Å². The Kier molecular flexibility index (Phi) is 5.63. The van der Waals surface area contributed by atoms with Gasteiger partial charge in [0.05, 0.1) is 11.0 Å². The number of amides is 1. The van der Waals surface area contributed by atoms with Crippen LogP contribution in [0, 0.1) is 5.92 Å². The quantitative estimate of drug-likeness (QED) is 0.818. The molecule has 112 valence electrons. The lowest BCUT2D eigenvalue weighted by molar-refractivity contribution is 0.0943. The van der Waals surface area contributed by atoms with Crippen LogP contribution in [0.1, 0.15) is 36.5 Å². The van der Waals surface area contributed by atoms with Gasteiger partial charge < -0.3 is 10.4 Å². The van der Waals surface area contributed by atoms with Crippen LogP contribution in [0.3, 0.4) is 0 Å². The molecular weight excluding hydrogens is 266 g/mol. The molecule has 0 saturated heterocycles. The summed E-state index contributed by atoms with van der Waals surface area (Å²) in [4.78, 5) is 20.6. The lowest BCUT2D eigenvalue weighted by atomic mass is 10.00. The van der Waals surface area contributed by atoms with E-state index in [4.69, 9.17) is 5.11 Å². The number of aliphatic hydroxyl groups excluding tert-OH is 1. The van der Waals surface area contributed by atoms with Crippen LogP contribution in [-0.2, 0) is 0 Å². The number of benzene rings is 1. The van der Waals surface area contributed by atoms with Gasteiger partial charge in [-0.05, 0) is 37.0 Å². The van der Waals surface area contributed by atoms with E-state index in [1.165, 1.54) is 0 Å². The summed E-state index contributed by atoms with van der Waals surface area (Å²) < 4.78 is 0. The van der Waals surface area contributed by atoms with Gasteiger partial charge in [0.15, 0.2) is 0 Å². The average Bonchev–Trinajstić information content (AvgIpc) is 2.52. The molecule has 0 radical (unpaired) electrons. The largest absolute Gasteiger partial charge is 0.396 e. The van der Waals surface area contributed by atoms with Gasteiger partial charge in [-0.25, -0.2) is 0 Å². The Morgan fingerprint density at radius 3 is 2.71 bits per heavy atom. The van der Waals surface area contributed by atoms with E-state index >= 15 is 0 Å². The van der Waals surface area contributed by atoms with Crippen molar-refractivity contribution in [3.05, 3.63) is 36.2 Å². The van der Waals surface area contributed by atoms with Crippen molar-refractivity contribution in [2.75, 3.05) is 13.2 Å². The average molecular weight is 287 g/mol. The highest BCUT2D eigenvalue weighted by molar-refractivity contribution is 5.97. The summed E-state index contributed by atoms with van der Waals surface area (Å²) in [5.41, 5.74) is 2.08. The van der Waals surface area contributed by atoms with Gasteiger partial charge in [0.1, 0.15) is 0 Å². The molecule has 1 amide bonds. The van der Waals surface area contributed by atoms with Gasteiger partial charge in [-0.15, -0.1) is 0 Å². The lowest BCUT2D eigenvalue weighted by Gasteiger charge is -2.15. The normalized spacial score (nSPS) is 12.3. The summed E-state index contributed by atoms with van der Waals surface area (Å²) in [5.74, 6) is 0.214. The topological polar surface area (TPSA) is 75.1 Å². The van der Waals surface area contributed by atoms with Crippen LogP contribution < -0.4 is 5.32 Å². The highest BCUT2D eigenvalue weighted by atomic mass is 16.3. The fourth-order valence-electron chi connectivity index (χ4n) is 2.38. The summed E-state index contributed by atoms with van der Waals surface area (Å²) >= 11 is 0. The highest BCUT2D eigenvalue weighted by Gasteiger charge is 2.11. The van der Waals surface area contributed by atoms with Crippen molar-refractivity contribution < 1.29 is 9.90 Å². The highest BCUT2D eigenvalue weighted by Crippen LogP contribution is 2.12. The van der Waals surface area contributed by atoms with Gasteiger partial charge in [0, 0.05) is 31.1 Å². The number of carbonyl (C=O) groups excluding carboxylic acids is 1. The second-order valence-corrected chi connectivity index (χ2v) is 5.14. The second-order valence-electron chi connectivity index (χ2n) is 5.14. The van der Waals surface area contributed by atoms with E-state index in [1.807, 2.05) is 0 Å². The Morgan fingerprint density at radius 2 is 2.00 bits per heavy atom. The Hall–Kier alpha value is -2.01. The molecule has 0 spiro atoms. The van der Waals surface area contributed by atoms with Crippen molar-refractivity contribution in [1.82, 2.24) is 15.3 Å². The molecule has 0 saturated carbocycles. The van der Waals surface area contributed by atoms with E-state index in [9.17, 15) is 4.79 Å². The smallest absolute Gasteiger partial charge is 0.251 e. The third-order valence-corrected chi connectivity index (χ3v) is 3.52. The molecule has 5 heteroatoms. The minimum atomic E-state index is -0.110. The SMILES string of the molecule is CCCC(CCO)CNC(=O)c1ccc2nccnc2c1. The van der Waals surface area contributed by atoms with Gasteiger partial charge in [-0.2, -0.15) is 0 Å². The molecule has 0 aliphatic heterocycles. The minimum absolute atomic E-state index is 0.110. The fraction of sp³-hybridized carbons (Fsp3) is 0.438. The number of aliphatic hydroxyl groups is 1. The Morgan fingerprint density at radius 1 is 1.24 bits per heavy atom. The molecule has 2 aromatic rings. The van der Waals surface area contributed by atoms with Crippen LogP contribution in [-0.4, -0.2) is 34.1 Å². The molecule has 1 aromatic carbocycles. The predicted octanol–water partition coefficient (Wildman–Crippen LogP) is 2.16. The van der Waals surface area contributed by atoms with Crippen molar-refractivity contribution in [1.29, 1.82) is 0 Å². The number of hydrogen-bond donors (Lipinski definition) is 2. The van der Waals surface area contributed by atoms with Gasteiger partial charge in [0.2, 0.25) is 0 Å². The molecule has 1 aromatic heterocycles. The zero-order valence-corrected chi connectivity index (χ0v) is 12.2. The predicted molar refractivity (Wildman–Crippen MR) is 82.0 cm³/mol. The van der Waals surface area contributed by atoms with Crippen LogP contribution in [0.4, 0.5) is 0 Å². The van der Waals surface area contributed by atoms with Crippen molar-refractivity contribution in [2.45, 2.75) is 26.2 Å². The van der Waals surface area contributed by atoms with Crippen LogP contribution >= 0.6 is 0 Å². The molecule has 0 aliphatic carbocycles. The van der Waals surface area contributed by atoms with Crippen LogP contribution in [0.5, 0.6) is 0 Å². The molecule has 1 heterocycles. The summed E-state index contributed by atoms with van der Waals surface area (Å²) in [7, 11) is 0. The maximum Gasteiger partial charge on any atom is 0.251 e. The number of hydrogen-bond acceptors (Lipinski definition) is 4. The first kappa shape index (κ1) is 15.4. The van der Waals surface area contributed by atoms with Gasteiger partial charge in [-0.1, -0.05) is 13.3 Å². The third kappa shape index (κ3) is 4.23. The van der Waals surface area contributed by atoms with E-state index in [2.05, 4.69) is 22.2 Å².